The summed E-state index contributed by atoms with van der Waals surface area (Å²) in [6.07, 6.45) is 0. The maximum absolute atomic E-state index is 12.0. The van der Waals surface area contributed by atoms with Crippen molar-refractivity contribution in [2.45, 2.75) is 13.8 Å². The Bertz CT molecular complexity index is 815. The fourth-order valence-corrected chi connectivity index (χ4v) is 2.21. The first-order valence-corrected chi connectivity index (χ1v) is 6.73. The van der Waals surface area contributed by atoms with Crippen LogP contribution in [-0.2, 0) is 0 Å². The zero-order chi connectivity index (χ0) is 14.1. The van der Waals surface area contributed by atoms with Gasteiger partial charge in [0.1, 0.15) is 11.3 Å². The molecule has 0 fully saturated rings. The van der Waals surface area contributed by atoms with Crippen LogP contribution in [0.25, 0.3) is 21.7 Å². The van der Waals surface area contributed by atoms with E-state index in [0.717, 1.165) is 16.5 Å². The fraction of sp³-hybridized carbons (Fsp3) is 0.235. The Morgan fingerprint density at radius 1 is 1.05 bits per heavy atom. The van der Waals surface area contributed by atoms with Gasteiger partial charge in [0.15, 0.2) is 0 Å². The van der Waals surface area contributed by atoms with E-state index >= 15 is 0 Å². The van der Waals surface area contributed by atoms with Crippen molar-refractivity contribution in [1.82, 2.24) is 0 Å². The average Bonchev–Trinajstić information content (AvgIpc) is 2.45. The molecule has 0 atom stereocenters. The van der Waals surface area contributed by atoms with E-state index in [0.29, 0.717) is 23.5 Å². The fourth-order valence-electron chi connectivity index (χ4n) is 2.21. The van der Waals surface area contributed by atoms with Crippen molar-refractivity contribution in [3.05, 3.63) is 52.9 Å². The Morgan fingerprint density at radius 3 is 2.55 bits per heavy atom. The van der Waals surface area contributed by atoms with Gasteiger partial charge < -0.3 is 9.15 Å². The van der Waals surface area contributed by atoms with Gasteiger partial charge in [0.25, 0.3) is 0 Å². The van der Waals surface area contributed by atoms with Crippen molar-refractivity contribution < 1.29 is 9.15 Å². The van der Waals surface area contributed by atoms with Gasteiger partial charge in [0.2, 0.25) is 0 Å². The number of fused-ring (bicyclic) bond motifs is 3. The van der Waals surface area contributed by atoms with Crippen molar-refractivity contribution >= 4 is 21.7 Å². The summed E-state index contributed by atoms with van der Waals surface area (Å²) >= 11 is 0. The zero-order valence-electron chi connectivity index (χ0n) is 11.6. The molecule has 0 spiro atoms. The van der Waals surface area contributed by atoms with Gasteiger partial charge in [0.05, 0.1) is 12.0 Å². The topological polar surface area (TPSA) is 39.4 Å². The van der Waals surface area contributed by atoms with Crippen LogP contribution in [0.15, 0.2) is 51.7 Å². The van der Waals surface area contributed by atoms with Crippen LogP contribution in [0.1, 0.15) is 13.8 Å². The molecule has 0 amide bonds. The lowest BCUT2D eigenvalue weighted by Crippen LogP contribution is -2.04. The molecule has 3 heteroatoms. The highest BCUT2D eigenvalue weighted by molar-refractivity contribution is 6.04. The quantitative estimate of drug-likeness (QED) is 0.532. The van der Waals surface area contributed by atoms with E-state index in [9.17, 15) is 4.79 Å². The molecule has 0 radical (unpaired) electrons. The molecule has 20 heavy (non-hydrogen) atoms. The second kappa shape index (κ2) is 5.00. The molecule has 1 heterocycles. The first-order valence-electron chi connectivity index (χ1n) is 6.73. The van der Waals surface area contributed by atoms with Crippen molar-refractivity contribution in [2.24, 2.45) is 5.92 Å². The van der Waals surface area contributed by atoms with E-state index in [2.05, 4.69) is 13.8 Å². The van der Waals surface area contributed by atoms with E-state index in [1.165, 1.54) is 0 Å². The standard InChI is InChI=1S/C17H16O3/c1-11(2)10-19-12-7-8-14-13-5-3-4-6-15(13)17(18)20-16(14)9-12/h3-9,11H,10H2,1-2H3. The van der Waals surface area contributed by atoms with Crippen molar-refractivity contribution in [3.63, 3.8) is 0 Å². The molecule has 0 aliphatic heterocycles. The molecular formula is C17H16O3. The van der Waals surface area contributed by atoms with Crippen molar-refractivity contribution in [2.75, 3.05) is 6.61 Å². The minimum absolute atomic E-state index is 0.311. The lowest BCUT2D eigenvalue weighted by atomic mass is 10.1. The summed E-state index contributed by atoms with van der Waals surface area (Å²) in [6, 6.07) is 13.1. The van der Waals surface area contributed by atoms with E-state index in [1.807, 2.05) is 30.3 Å². The van der Waals surface area contributed by atoms with Crippen LogP contribution in [0.3, 0.4) is 0 Å². The van der Waals surface area contributed by atoms with Gasteiger partial charge >= 0.3 is 5.63 Å². The molecule has 0 saturated heterocycles. The highest BCUT2D eigenvalue weighted by Gasteiger charge is 2.08. The second-order valence-electron chi connectivity index (χ2n) is 5.30. The van der Waals surface area contributed by atoms with Crippen LogP contribution in [0.2, 0.25) is 0 Å². The van der Waals surface area contributed by atoms with Crippen molar-refractivity contribution in [1.29, 1.82) is 0 Å². The lowest BCUT2D eigenvalue weighted by molar-refractivity contribution is 0.271. The predicted octanol–water partition coefficient (Wildman–Crippen LogP) is 3.98. The minimum Gasteiger partial charge on any atom is -0.493 e. The van der Waals surface area contributed by atoms with Crippen LogP contribution in [0.4, 0.5) is 0 Å². The number of ether oxygens (including phenoxy) is 1. The largest absolute Gasteiger partial charge is 0.493 e. The molecule has 0 aliphatic carbocycles. The molecular weight excluding hydrogens is 252 g/mol. The average molecular weight is 268 g/mol. The minimum atomic E-state index is -0.311. The molecule has 3 nitrogen and oxygen atoms in total. The Morgan fingerprint density at radius 2 is 1.80 bits per heavy atom. The molecule has 0 aliphatic rings. The smallest absolute Gasteiger partial charge is 0.344 e. The third kappa shape index (κ3) is 2.27. The summed E-state index contributed by atoms with van der Waals surface area (Å²) in [5.41, 5.74) is 0.254. The summed E-state index contributed by atoms with van der Waals surface area (Å²) in [5, 5.41) is 2.45. The summed E-state index contributed by atoms with van der Waals surface area (Å²) in [4.78, 5) is 12.0. The Labute approximate surface area is 116 Å². The van der Waals surface area contributed by atoms with Gasteiger partial charge in [-0.25, -0.2) is 4.79 Å². The second-order valence-corrected chi connectivity index (χ2v) is 5.30. The summed E-state index contributed by atoms with van der Waals surface area (Å²) in [5.74, 6) is 1.18. The van der Waals surface area contributed by atoms with Crippen LogP contribution in [0.5, 0.6) is 5.75 Å². The molecule has 0 saturated carbocycles. The maximum atomic E-state index is 12.0. The Hall–Kier alpha value is -2.29. The molecule has 102 valence electrons. The van der Waals surface area contributed by atoms with Crippen LogP contribution >= 0.6 is 0 Å². The van der Waals surface area contributed by atoms with Gasteiger partial charge in [-0.15, -0.1) is 0 Å². The number of hydrogen-bond donors (Lipinski definition) is 0. The first-order chi connectivity index (χ1) is 9.65. The highest BCUT2D eigenvalue weighted by Crippen LogP contribution is 2.26. The SMILES string of the molecule is CC(C)COc1ccc2c(c1)oc(=O)c1ccccc12. The van der Waals surface area contributed by atoms with Gasteiger partial charge in [-0.2, -0.15) is 0 Å². The van der Waals surface area contributed by atoms with Crippen LogP contribution < -0.4 is 10.4 Å². The van der Waals surface area contributed by atoms with Gasteiger partial charge in [-0.3, -0.25) is 0 Å². The Kier molecular flexibility index (Phi) is 3.18. The van der Waals surface area contributed by atoms with Gasteiger partial charge in [-0.05, 0) is 29.5 Å². The first kappa shape index (κ1) is 12.7. The molecule has 2 aromatic carbocycles. The molecule has 3 aromatic rings. The number of benzene rings is 2. The van der Waals surface area contributed by atoms with Crippen LogP contribution in [-0.4, -0.2) is 6.61 Å². The van der Waals surface area contributed by atoms with Gasteiger partial charge in [0, 0.05) is 11.5 Å². The van der Waals surface area contributed by atoms with Gasteiger partial charge in [-0.1, -0.05) is 32.0 Å². The number of hydrogen-bond acceptors (Lipinski definition) is 3. The maximum Gasteiger partial charge on any atom is 0.344 e. The lowest BCUT2D eigenvalue weighted by Gasteiger charge is -2.09. The zero-order valence-corrected chi connectivity index (χ0v) is 11.6. The molecule has 0 unspecified atom stereocenters. The third-order valence-electron chi connectivity index (χ3n) is 3.18. The predicted molar refractivity (Wildman–Crippen MR) is 80.3 cm³/mol. The van der Waals surface area contributed by atoms with E-state index in [-0.39, 0.29) is 5.63 Å². The molecule has 3 rings (SSSR count). The van der Waals surface area contributed by atoms with Crippen molar-refractivity contribution in [3.8, 4) is 5.75 Å². The molecule has 0 bridgehead atoms. The van der Waals surface area contributed by atoms with Crippen LogP contribution in [0, 0.1) is 5.92 Å². The summed E-state index contributed by atoms with van der Waals surface area (Å²) in [6.45, 7) is 4.83. The Balaban J connectivity index is 2.16. The molecule has 0 N–H and O–H groups in total. The highest BCUT2D eigenvalue weighted by atomic mass is 16.5. The molecule has 1 aromatic heterocycles. The monoisotopic (exact) mass is 268 g/mol. The third-order valence-corrected chi connectivity index (χ3v) is 3.18. The van der Waals surface area contributed by atoms with E-state index in [4.69, 9.17) is 9.15 Å². The number of rotatable bonds is 3. The summed E-state index contributed by atoms with van der Waals surface area (Å²) in [7, 11) is 0. The normalized spacial score (nSPS) is 11.3. The van der Waals surface area contributed by atoms with E-state index < -0.39 is 0 Å². The summed E-state index contributed by atoms with van der Waals surface area (Å²) < 4.78 is 11.1. The van der Waals surface area contributed by atoms with E-state index in [1.54, 1.807) is 12.1 Å².